The van der Waals surface area contributed by atoms with Crippen LogP contribution < -0.4 is 5.32 Å². The molecule has 16 heteroatoms. The Balaban J connectivity index is 3.43. The number of alkyl carbamates (subject to hydrolysis) is 1. The molecule has 1 saturated heterocycles. The van der Waals surface area contributed by atoms with Crippen LogP contribution in [0.25, 0.3) is 0 Å². The van der Waals surface area contributed by atoms with Gasteiger partial charge in [0.1, 0.15) is 31.0 Å². The summed E-state index contributed by atoms with van der Waals surface area (Å²) in [6.45, 7) is 10.4. The first-order chi connectivity index (χ1) is 22.0. The number of alkyl halides is 3. The number of halogens is 3. The molecule has 6 atom stereocenters. The summed E-state index contributed by atoms with van der Waals surface area (Å²) in [4.78, 5) is 12.9. The Bertz CT molecular complexity index is 924. The lowest BCUT2D eigenvalue weighted by molar-refractivity contribution is -0.262. The van der Waals surface area contributed by atoms with Gasteiger partial charge in [-0.2, -0.15) is 0 Å². The first-order valence-electron chi connectivity index (χ1n) is 15.3. The highest BCUT2D eigenvalue weighted by atomic mass is 35.6. The van der Waals surface area contributed by atoms with E-state index in [1.165, 1.54) is 38.4 Å². The fourth-order valence-corrected chi connectivity index (χ4v) is 5.99. The number of unbranched alkanes of at least 4 members (excludes halogenated alkanes) is 4. The molecule has 268 valence electrons. The summed E-state index contributed by atoms with van der Waals surface area (Å²) in [6, 6.07) is -1.10. The maximum absolute atomic E-state index is 13.8. The molecule has 0 radical (unpaired) electrons. The molecule has 1 fully saturated rings. The summed E-state index contributed by atoms with van der Waals surface area (Å²) in [5.41, 5.74) is 0. The van der Waals surface area contributed by atoms with E-state index in [9.17, 15) is 9.36 Å². The number of phosphoric acid groups is 1. The second kappa shape index (κ2) is 24.3. The van der Waals surface area contributed by atoms with E-state index < -0.39 is 55.0 Å². The minimum Gasteiger partial charge on any atom is -0.471 e. The van der Waals surface area contributed by atoms with Gasteiger partial charge in [0, 0.05) is 20.8 Å². The van der Waals surface area contributed by atoms with Crippen LogP contribution in [-0.4, -0.2) is 93.9 Å². The van der Waals surface area contributed by atoms with Crippen LogP contribution in [0.4, 0.5) is 4.79 Å². The van der Waals surface area contributed by atoms with Gasteiger partial charge in [-0.25, -0.2) is 9.36 Å². The highest BCUT2D eigenvalue weighted by molar-refractivity contribution is 7.48. The lowest BCUT2D eigenvalue weighted by atomic mass is 9.96. The van der Waals surface area contributed by atoms with Crippen molar-refractivity contribution in [3.63, 3.8) is 0 Å². The van der Waals surface area contributed by atoms with Crippen molar-refractivity contribution in [3.05, 3.63) is 37.6 Å². The van der Waals surface area contributed by atoms with E-state index in [4.69, 9.17) is 76.8 Å². The van der Waals surface area contributed by atoms with Gasteiger partial charge in [0.2, 0.25) is 10.1 Å². The van der Waals surface area contributed by atoms with Gasteiger partial charge >= 0.3 is 13.9 Å². The first kappa shape index (κ1) is 43.1. The summed E-state index contributed by atoms with van der Waals surface area (Å²) in [5, 5.41) is 2.67. The molecule has 0 spiro atoms. The van der Waals surface area contributed by atoms with Gasteiger partial charge in [-0.05, 0) is 19.8 Å². The third-order valence-corrected chi connectivity index (χ3v) is 8.40. The van der Waals surface area contributed by atoms with Crippen LogP contribution in [0.1, 0.15) is 58.8 Å². The highest BCUT2D eigenvalue weighted by Gasteiger charge is 2.52. The van der Waals surface area contributed by atoms with Crippen molar-refractivity contribution in [1.82, 2.24) is 5.32 Å². The normalized spacial score (nSPS) is 22.8. The molecule has 1 aliphatic heterocycles. The molecule has 0 aromatic heterocycles. The fraction of sp³-hybridized carbons (Fsp3) is 0.767. The van der Waals surface area contributed by atoms with Crippen molar-refractivity contribution in [1.29, 1.82) is 0 Å². The zero-order valence-corrected chi connectivity index (χ0v) is 30.4. The third kappa shape index (κ3) is 17.5. The van der Waals surface area contributed by atoms with Gasteiger partial charge in [-0.15, -0.1) is 13.2 Å². The van der Waals surface area contributed by atoms with E-state index in [1.807, 2.05) is 0 Å². The fourth-order valence-electron chi connectivity index (χ4n) is 4.50. The largest absolute Gasteiger partial charge is 0.475 e. The van der Waals surface area contributed by atoms with Crippen molar-refractivity contribution in [2.45, 2.75) is 99.3 Å². The molecule has 0 aliphatic carbocycles. The van der Waals surface area contributed by atoms with E-state index in [0.717, 1.165) is 25.7 Å². The lowest BCUT2D eigenvalue weighted by Gasteiger charge is -2.45. The van der Waals surface area contributed by atoms with Crippen molar-refractivity contribution in [2.75, 3.05) is 47.3 Å². The zero-order chi connectivity index (χ0) is 34.4. The van der Waals surface area contributed by atoms with Crippen molar-refractivity contribution in [2.24, 2.45) is 0 Å². The van der Waals surface area contributed by atoms with Crippen LogP contribution in [0.3, 0.4) is 0 Å². The quantitative estimate of drug-likeness (QED) is 0.0330. The second-order valence-corrected chi connectivity index (χ2v) is 14.5. The van der Waals surface area contributed by atoms with Gasteiger partial charge in [-0.3, -0.25) is 13.6 Å². The summed E-state index contributed by atoms with van der Waals surface area (Å²) >= 11 is 17.3. The standard InChI is InChI=1S/C30H51Cl3NO11P/c1-7-11-12-13-14-15-23(38-6)16-20-39-27-25(34-29(35)41-22-30(31,32)33)28(40-17-8-2)44-24(21-37-5)26(27)45-46(36,42-18-9-3)43-19-10-4/h8-10,17,23-28H,3-4,7,11-16,18-22H2,1-2,5-6H3,(H,34,35)/b17-8-/t23-,24?,25-,26-,27-,28+/m1/s1. The van der Waals surface area contributed by atoms with E-state index in [1.54, 1.807) is 20.1 Å². The Morgan fingerprint density at radius 2 is 1.72 bits per heavy atom. The average Bonchev–Trinajstić information content (AvgIpc) is 3.02. The van der Waals surface area contributed by atoms with Gasteiger partial charge in [0.25, 0.3) is 0 Å². The Kier molecular flexibility index (Phi) is 22.8. The Hall–Kier alpha value is -0.890. The van der Waals surface area contributed by atoms with Crippen molar-refractivity contribution in [3.8, 4) is 0 Å². The molecule has 1 unspecified atom stereocenters. The number of phosphoric ester groups is 1. The number of methoxy groups -OCH3 is 2. The van der Waals surface area contributed by atoms with Crippen molar-refractivity contribution >= 4 is 48.7 Å². The van der Waals surface area contributed by atoms with Gasteiger partial charge in [0.05, 0.1) is 32.2 Å². The van der Waals surface area contributed by atoms with Gasteiger partial charge in [-0.1, -0.05) is 92.1 Å². The number of amides is 1. The zero-order valence-electron chi connectivity index (χ0n) is 27.2. The topological polar surface area (TPSA) is 129 Å². The lowest BCUT2D eigenvalue weighted by Crippen LogP contribution is -2.66. The second-order valence-electron chi connectivity index (χ2n) is 10.3. The monoisotopic (exact) mass is 737 g/mol. The maximum atomic E-state index is 13.8. The molecule has 0 aromatic carbocycles. The highest BCUT2D eigenvalue weighted by Crippen LogP contribution is 2.52. The van der Waals surface area contributed by atoms with E-state index in [-0.39, 0.29) is 32.5 Å². The Labute approximate surface area is 288 Å². The van der Waals surface area contributed by atoms with Crippen LogP contribution in [0.2, 0.25) is 0 Å². The number of hydrogen-bond donors (Lipinski definition) is 1. The molecule has 0 saturated carbocycles. The van der Waals surface area contributed by atoms with E-state index in [2.05, 4.69) is 25.4 Å². The molecule has 46 heavy (non-hydrogen) atoms. The third-order valence-electron chi connectivity index (χ3n) is 6.64. The minimum atomic E-state index is -4.27. The predicted octanol–water partition coefficient (Wildman–Crippen LogP) is 7.42. The summed E-state index contributed by atoms with van der Waals surface area (Å²) in [7, 11) is -1.16. The minimum absolute atomic E-state index is 0.0357. The maximum Gasteiger partial charge on any atom is 0.475 e. The number of allylic oxidation sites excluding steroid dienone is 1. The van der Waals surface area contributed by atoms with E-state index >= 15 is 0 Å². The van der Waals surface area contributed by atoms with Crippen LogP contribution in [0.5, 0.6) is 0 Å². The van der Waals surface area contributed by atoms with E-state index in [0.29, 0.717) is 6.42 Å². The summed E-state index contributed by atoms with van der Waals surface area (Å²) < 4.78 is 63.5. The SMILES string of the molecule is C=CCOP(=O)(OCC=C)O[C@@H]1C(COC)O[C@H](O/C=C\C)[C@H](NC(=O)OCC(Cl)(Cl)Cl)[C@H]1OCC[C@@H](CCCCCCC)OC. The molecule has 1 heterocycles. The molecular formula is C30H51Cl3NO11P. The molecule has 12 nitrogen and oxygen atoms in total. The molecule has 1 N–H and O–H groups in total. The molecule has 1 amide bonds. The number of rotatable bonds is 25. The number of nitrogens with one attached hydrogen (secondary N) is 1. The predicted molar refractivity (Wildman–Crippen MR) is 178 cm³/mol. The number of ether oxygens (including phenoxy) is 6. The van der Waals surface area contributed by atoms with Crippen molar-refractivity contribution < 1.29 is 51.4 Å². The number of carbonyl (C=O) groups excluding carboxylic acids is 1. The smallest absolute Gasteiger partial charge is 0.471 e. The number of carbonyl (C=O) groups is 1. The van der Waals surface area contributed by atoms with Gasteiger partial charge in [0.15, 0.2) is 0 Å². The first-order valence-corrected chi connectivity index (χ1v) is 17.9. The van der Waals surface area contributed by atoms with Crippen LogP contribution in [-0.2, 0) is 46.6 Å². The molecule has 1 rings (SSSR count). The van der Waals surface area contributed by atoms with Crippen LogP contribution in [0, 0.1) is 0 Å². The average molecular weight is 739 g/mol. The molecular weight excluding hydrogens is 688 g/mol. The van der Waals surface area contributed by atoms with Crippen LogP contribution in [0.15, 0.2) is 37.6 Å². The summed E-state index contributed by atoms with van der Waals surface area (Å²) in [6.07, 6.45) is 7.48. The van der Waals surface area contributed by atoms with Gasteiger partial charge < -0.3 is 33.7 Å². The van der Waals surface area contributed by atoms with Crippen LogP contribution >= 0.6 is 42.6 Å². The number of hydrogen-bond acceptors (Lipinski definition) is 11. The molecule has 1 aliphatic rings. The molecule has 0 bridgehead atoms. The molecule has 0 aromatic rings. The summed E-state index contributed by atoms with van der Waals surface area (Å²) in [5.74, 6) is 0. The Morgan fingerprint density at radius 3 is 2.28 bits per heavy atom. The Morgan fingerprint density at radius 1 is 1.04 bits per heavy atom.